The Morgan fingerprint density at radius 2 is 2.14 bits per heavy atom. The summed E-state index contributed by atoms with van der Waals surface area (Å²) in [4.78, 5) is 8.96. The van der Waals surface area contributed by atoms with Crippen LogP contribution < -0.4 is 5.73 Å². The summed E-state index contributed by atoms with van der Waals surface area (Å²) >= 11 is 0. The SMILES string of the molecule is Cc1cccnc1-c1noc(C2(CN)CCC(C)CC2)n1. The Morgan fingerprint density at radius 1 is 1.38 bits per heavy atom. The Labute approximate surface area is 125 Å². The van der Waals surface area contributed by atoms with Gasteiger partial charge in [0.05, 0.1) is 5.41 Å². The van der Waals surface area contributed by atoms with Crippen LogP contribution in [0.2, 0.25) is 0 Å². The first-order chi connectivity index (χ1) is 10.1. The molecule has 3 rings (SSSR count). The zero-order chi connectivity index (χ0) is 14.9. The lowest BCUT2D eigenvalue weighted by atomic mass is 9.71. The van der Waals surface area contributed by atoms with Crippen molar-refractivity contribution in [3.63, 3.8) is 0 Å². The van der Waals surface area contributed by atoms with Gasteiger partial charge in [-0.3, -0.25) is 4.98 Å². The van der Waals surface area contributed by atoms with E-state index in [-0.39, 0.29) is 5.41 Å². The van der Waals surface area contributed by atoms with Gasteiger partial charge in [-0.1, -0.05) is 18.1 Å². The molecule has 0 unspecified atom stereocenters. The van der Waals surface area contributed by atoms with Crippen LogP contribution in [-0.2, 0) is 5.41 Å². The summed E-state index contributed by atoms with van der Waals surface area (Å²) in [5.74, 6) is 2.00. The second kappa shape index (κ2) is 5.56. The number of nitrogens with zero attached hydrogens (tertiary/aromatic N) is 3. The van der Waals surface area contributed by atoms with Crippen LogP contribution in [0.1, 0.15) is 44.1 Å². The van der Waals surface area contributed by atoms with Crippen LogP contribution in [0, 0.1) is 12.8 Å². The first-order valence-electron chi connectivity index (χ1n) is 7.61. The average molecular weight is 286 g/mol. The third-order valence-corrected chi connectivity index (χ3v) is 4.72. The largest absolute Gasteiger partial charge is 0.338 e. The Morgan fingerprint density at radius 3 is 2.81 bits per heavy atom. The fourth-order valence-corrected chi connectivity index (χ4v) is 3.07. The lowest BCUT2D eigenvalue weighted by Gasteiger charge is -2.35. The second-order valence-electron chi connectivity index (χ2n) is 6.26. The van der Waals surface area contributed by atoms with Crippen molar-refractivity contribution >= 4 is 0 Å². The minimum Gasteiger partial charge on any atom is -0.338 e. The third-order valence-electron chi connectivity index (χ3n) is 4.72. The van der Waals surface area contributed by atoms with E-state index in [2.05, 4.69) is 22.0 Å². The first kappa shape index (κ1) is 14.2. The number of hydrogen-bond acceptors (Lipinski definition) is 5. The summed E-state index contributed by atoms with van der Waals surface area (Å²) in [6.45, 7) is 4.85. The van der Waals surface area contributed by atoms with Crippen LogP contribution in [0.5, 0.6) is 0 Å². The maximum atomic E-state index is 6.05. The normalized spacial score (nSPS) is 26.0. The van der Waals surface area contributed by atoms with Gasteiger partial charge in [0.1, 0.15) is 5.69 Å². The maximum Gasteiger partial charge on any atom is 0.234 e. The monoisotopic (exact) mass is 286 g/mol. The molecule has 2 aromatic rings. The lowest BCUT2D eigenvalue weighted by Crippen LogP contribution is -2.39. The highest BCUT2D eigenvalue weighted by Crippen LogP contribution is 2.40. The summed E-state index contributed by atoms with van der Waals surface area (Å²) in [6, 6.07) is 3.91. The first-order valence-corrected chi connectivity index (χ1v) is 7.61. The molecule has 112 valence electrons. The van der Waals surface area contributed by atoms with E-state index in [9.17, 15) is 0 Å². The molecular formula is C16H22N4O. The molecule has 5 heteroatoms. The van der Waals surface area contributed by atoms with Crippen molar-refractivity contribution < 1.29 is 4.52 Å². The van der Waals surface area contributed by atoms with Crippen molar-refractivity contribution in [1.82, 2.24) is 15.1 Å². The Hall–Kier alpha value is -1.75. The number of nitrogens with two attached hydrogens (primary N) is 1. The van der Waals surface area contributed by atoms with Crippen LogP contribution in [0.3, 0.4) is 0 Å². The van der Waals surface area contributed by atoms with E-state index in [1.54, 1.807) is 6.20 Å². The van der Waals surface area contributed by atoms with Crippen LogP contribution in [0.4, 0.5) is 0 Å². The molecule has 0 amide bonds. The molecular weight excluding hydrogens is 264 g/mol. The van der Waals surface area contributed by atoms with Gasteiger partial charge in [-0.25, -0.2) is 0 Å². The van der Waals surface area contributed by atoms with Gasteiger partial charge in [-0.15, -0.1) is 0 Å². The van der Waals surface area contributed by atoms with Crippen LogP contribution in [-0.4, -0.2) is 21.7 Å². The zero-order valence-corrected chi connectivity index (χ0v) is 12.7. The molecule has 0 bridgehead atoms. The molecule has 0 radical (unpaired) electrons. The van der Waals surface area contributed by atoms with Gasteiger partial charge in [-0.2, -0.15) is 4.98 Å². The highest BCUT2D eigenvalue weighted by Gasteiger charge is 2.39. The standard InChI is InChI=1S/C16H22N4O/c1-11-5-7-16(10-17,8-6-11)15-19-14(20-21-15)13-12(2)4-3-9-18-13/h3-4,9,11H,5-8,10,17H2,1-2H3. The van der Waals surface area contributed by atoms with Crippen LogP contribution >= 0.6 is 0 Å². The third kappa shape index (κ3) is 2.58. The second-order valence-corrected chi connectivity index (χ2v) is 6.26. The predicted octanol–water partition coefficient (Wildman–Crippen LogP) is 2.85. The fraction of sp³-hybridized carbons (Fsp3) is 0.562. The van der Waals surface area contributed by atoms with E-state index in [0.29, 0.717) is 18.3 Å². The highest BCUT2D eigenvalue weighted by molar-refractivity contribution is 5.53. The molecule has 0 spiro atoms. The van der Waals surface area contributed by atoms with Crippen molar-refractivity contribution in [1.29, 1.82) is 0 Å². The summed E-state index contributed by atoms with van der Waals surface area (Å²) in [5, 5.41) is 4.13. The van der Waals surface area contributed by atoms with E-state index in [1.165, 1.54) is 0 Å². The number of rotatable bonds is 3. The summed E-state index contributed by atoms with van der Waals surface area (Å²) in [5.41, 5.74) is 7.72. The van der Waals surface area contributed by atoms with E-state index in [4.69, 9.17) is 10.3 Å². The van der Waals surface area contributed by atoms with Crippen molar-refractivity contribution in [3.8, 4) is 11.5 Å². The van der Waals surface area contributed by atoms with Gasteiger partial charge in [0.2, 0.25) is 11.7 Å². The van der Waals surface area contributed by atoms with Crippen molar-refractivity contribution in [2.45, 2.75) is 44.9 Å². The van der Waals surface area contributed by atoms with Gasteiger partial charge in [0.25, 0.3) is 0 Å². The van der Waals surface area contributed by atoms with E-state index < -0.39 is 0 Å². The molecule has 0 aromatic carbocycles. The Kier molecular flexibility index (Phi) is 3.76. The predicted molar refractivity (Wildman–Crippen MR) is 80.6 cm³/mol. The number of pyridine rings is 1. The smallest absolute Gasteiger partial charge is 0.234 e. The van der Waals surface area contributed by atoms with Gasteiger partial charge in [0.15, 0.2) is 0 Å². The van der Waals surface area contributed by atoms with Crippen molar-refractivity contribution in [2.24, 2.45) is 11.7 Å². The lowest BCUT2D eigenvalue weighted by molar-refractivity contribution is 0.191. The van der Waals surface area contributed by atoms with Crippen molar-refractivity contribution in [3.05, 3.63) is 29.8 Å². The summed E-state index contributed by atoms with van der Waals surface area (Å²) in [6.07, 6.45) is 6.12. The van der Waals surface area contributed by atoms with Crippen LogP contribution in [0.15, 0.2) is 22.9 Å². The van der Waals surface area contributed by atoms with Crippen LogP contribution in [0.25, 0.3) is 11.5 Å². The highest BCUT2D eigenvalue weighted by atomic mass is 16.5. The average Bonchev–Trinajstić information content (AvgIpc) is 2.99. The van der Waals surface area contributed by atoms with E-state index in [0.717, 1.165) is 42.9 Å². The van der Waals surface area contributed by atoms with Gasteiger partial charge >= 0.3 is 0 Å². The molecule has 1 saturated carbocycles. The molecule has 5 nitrogen and oxygen atoms in total. The summed E-state index contributed by atoms with van der Waals surface area (Å²) < 4.78 is 5.56. The minimum absolute atomic E-state index is 0.152. The van der Waals surface area contributed by atoms with E-state index >= 15 is 0 Å². The molecule has 0 saturated heterocycles. The molecule has 1 aliphatic rings. The molecule has 2 N–H and O–H groups in total. The van der Waals surface area contributed by atoms with Gasteiger partial charge < -0.3 is 10.3 Å². The Bertz CT molecular complexity index is 614. The summed E-state index contributed by atoms with van der Waals surface area (Å²) in [7, 11) is 0. The van der Waals surface area contributed by atoms with Gasteiger partial charge in [-0.05, 0) is 50.2 Å². The van der Waals surface area contributed by atoms with Gasteiger partial charge in [0, 0.05) is 12.7 Å². The van der Waals surface area contributed by atoms with Crippen molar-refractivity contribution in [2.75, 3.05) is 6.54 Å². The Balaban J connectivity index is 1.92. The minimum atomic E-state index is -0.152. The van der Waals surface area contributed by atoms with E-state index in [1.807, 2.05) is 19.1 Å². The fourth-order valence-electron chi connectivity index (χ4n) is 3.07. The molecule has 1 aliphatic carbocycles. The molecule has 0 aliphatic heterocycles. The maximum absolute atomic E-state index is 6.05. The number of aromatic nitrogens is 3. The molecule has 2 heterocycles. The number of hydrogen-bond donors (Lipinski definition) is 1. The number of aryl methyl sites for hydroxylation is 1. The molecule has 21 heavy (non-hydrogen) atoms. The molecule has 2 aromatic heterocycles. The molecule has 1 fully saturated rings. The quantitative estimate of drug-likeness (QED) is 0.938. The topological polar surface area (TPSA) is 77.8 Å². The molecule has 0 atom stereocenters. The zero-order valence-electron chi connectivity index (χ0n) is 12.7.